The van der Waals surface area contributed by atoms with Gasteiger partial charge in [0, 0.05) is 16.5 Å². The summed E-state index contributed by atoms with van der Waals surface area (Å²) in [6.45, 7) is 1.73. The van der Waals surface area contributed by atoms with Crippen molar-refractivity contribution < 1.29 is 18.8 Å². The number of carbonyl (C=O) groups is 2. The number of carbonyl (C=O) groups excluding carboxylic acids is 2. The summed E-state index contributed by atoms with van der Waals surface area (Å²) in [5.74, 6) is -0.113. The van der Waals surface area contributed by atoms with E-state index < -0.39 is 18.0 Å². The number of fused-ring (bicyclic) bond motifs is 1. The van der Waals surface area contributed by atoms with Crippen molar-refractivity contribution in [2.24, 2.45) is 0 Å². The van der Waals surface area contributed by atoms with E-state index in [-0.39, 0.29) is 5.82 Å². The van der Waals surface area contributed by atoms with E-state index in [1.165, 1.54) is 21.8 Å². The summed E-state index contributed by atoms with van der Waals surface area (Å²) in [6, 6.07) is 12.4. The lowest BCUT2D eigenvalue weighted by atomic mass is 10.1. The summed E-state index contributed by atoms with van der Waals surface area (Å²) >= 11 is 1.45. The average Bonchev–Trinajstić information content (AvgIpc) is 3.36. The molecule has 7 heteroatoms. The highest BCUT2D eigenvalue weighted by Gasteiger charge is 2.28. The van der Waals surface area contributed by atoms with E-state index in [0.717, 1.165) is 19.3 Å². The number of amides is 1. The monoisotopic (exact) mass is 382 g/mol. The summed E-state index contributed by atoms with van der Waals surface area (Å²) in [5.41, 5.74) is 1.80. The highest BCUT2D eigenvalue weighted by molar-refractivity contribution is 7.14. The Morgan fingerprint density at radius 1 is 1.22 bits per heavy atom. The molecule has 4 rings (SSSR count). The fraction of sp³-hybridized carbons (Fsp3) is 0.250. The van der Waals surface area contributed by atoms with Crippen LogP contribution in [0.2, 0.25) is 0 Å². The van der Waals surface area contributed by atoms with Gasteiger partial charge in [-0.2, -0.15) is 0 Å². The van der Waals surface area contributed by atoms with Gasteiger partial charge in [0.15, 0.2) is 5.82 Å². The summed E-state index contributed by atoms with van der Waals surface area (Å²) in [7, 11) is 0. The van der Waals surface area contributed by atoms with Crippen molar-refractivity contribution in [2.75, 3.05) is 5.32 Å². The van der Waals surface area contributed by atoms with Crippen molar-refractivity contribution in [3.63, 3.8) is 0 Å². The van der Waals surface area contributed by atoms with Crippen LogP contribution in [0.1, 0.15) is 44.0 Å². The Kier molecular flexibility index (Phi) is 4.77. The topological polar surface area (TPSA) is 81.4 Å². The molecular weight excluding hydrogens is 364 g/mol. The van der Waals surface area contributed by atoms with Gasteiger partial charge in [-0.05, 0) is 37.8 Å². The Morgan fingerprint density at radius 2 is 2.04 bits per heavy atom. The maximum Gasteiger partial charge on any atom is 0.349 e. The fourth-order valence-electron chi connectivity index (χ4n) is 3.11. The SMILES string of the molecule is Cc1cc(NC(=O)C(OC(=O)c2cc3c(s2)CCC3)c2ccccc2)no1. The van der Waals surface area contributed by atoms with Gasteiger partial charge < -0.3 is 14.6 Å². The minimum Gasteiger partial charge on any atom is -0.443 e. The molecular formula is C20H18N2O4S. The molecule has 1 atom stereocenters. The number of aromatic nitrogens is 1. The van der Waals surface area contributed by atoms with Gasteiger partial charge in [-0.3, -0.25) is 4.79 Å². The van der Waals surface area contributed by atoms with Crippen molar-refractivity contribution in [3.05, 3.63) is 69.1 Å². The Balaban J connectivity index is 1.55. The van der Waals surface area contributed by atoms with E-state index in [9.17, 15) is 9.59 Å². The zero-order valence-electron chi connectivity index (χ0n) is 14.7. The van der Waals surface area contributed by atoms with Gasteiger partial charge in [0.05, 0.1) is 0 Å². The maximum atomic E-state index is 12.8. The highest BCUT2D eigenvalue weighted by atomic mass is 32.1. The van der Waals surface area contributed by atoms with Gasteiger partial charge in [-0.1, -0.05) is 35.5 Å². The minimum atomic E-state index is -1.08. The largest absolute Gasteiger partial charge is 0.443 e. The molecule has 1 aromatic carbocycles. The van der Waals surface area contributed by atoms with Gasteiger partial charge in [0.25, 0.3) is 5.91 Å². The van der Waals surface area contributed by atoms with E-state index in [2.05, 4.69) is 10.5 Å². The molecule has 2 heterocycles. The molecule has 2 aromatic heterocycles. The van der Waals surface area contributed by atoms with Crippen molar-refractivity contribution in [3.8, 4) is 0 Å². The zero-order valence-corrected chi connectivity index (χ0v) is 15.5. The van der Waals surface area contributed by atoms with Crippen LogP contribution in [-0.2, 0) is 22.4 Å². The number of ether oxygens (including phenoxy) is 1. The predicted octanol–water partition coefficient (Wildman–Crippen LogP) is 4.07. The molecule has 0 fully saturated rings. The quantitative estimate of drug-likeness (QED) is 0.673. The number of nitrogens with zero attached hydrogens (tertiary/aromatic N) is 1. The molecule has 0 aliphatic heterocycles. The molecule has 0 bridgehead atoms. The van der Waals surface area contributed by atoms with Crippen molar-refractivity contribution in [1.82, 2.24) is 5.16 Å². The molecule has 6 nitrogen and oxygen atoms in total. The smallest absolute Gasteiger partial charge is 0.349 e. The number of anilines is 1. The van der Waals surface area contributed by atoms with E-state index in [1.54, 1.807) is 37.3 Å². The molecule has 0 radical (unpaired) electrons. The van der Waals surface area contributed by atoms with E-state index in [4.69, 9.17) is 9.26 Å². The Bertz CT molecular complexity index is 956. The van der Waals surface area contributed by atoms with Crippen LogP contribution >= 0.6 is 11.3 Å². The van der Waals surface area contributed by atoms with Gasteiger partial charge in [-0.25, -0.2) is 4.79 Å². The lowest BCUT2D eigenvalue weighted by Gasteiger charge is -2.16. The number of benzene rings is 1. The second kappa shape index (κ2) is 7.36. The number of nitrogens with one attached hydrogen (secondary N) is 1. The van der Waals surface area contributed by atoms with Gasteiger partial charge in [0.2, 0.25) is 6.10 Å². The predicted molar refractivity (Wildman–Crippen MR) is 101 cm³/mol. The molecule has 0 spiro atoms. The third kappa shape index (κ3) is 3.78. The normalized spacial score (nSPS) is 13.8. The molecule has 1 unspecified atom stereocenters. The second-order valence-electron chi connectivity index (χ2n) is 6.42. The Morgan fingerprint density at radius 3 is 2.74 bits per heavy atom. The molecule has 3 aromatic rings. The molecule has 1 aliphatic rings. The van der Waals surface area contributed by atoms with Crippen molar-refractivity contribution in [2.45, 2.75) is 32.3 Å². The molecule has 0 saturated heterocycles. The van der Waals surface area contributed by atoms with Crippen LogP contribution in [0.5, 0.6) is 0 Å². The van der Waals surface area contributed by atoms with Crippen LogP contribution < -0.4 is 5.32 Å². The molecule has 0 saturated carbocycles. The highest BCUT2D eigenvalue weighted by Crippen LogP contribution is 2.32. The molecule has 1 aliphatic carbocycles. The number of hydrogen-bond donors (Lipinski definition) is 1. The minimum absolute atomic E-state index is 0.282. The first kappa shape index (κ1) is 17.5. The lowest BCUT2D eigenvalue weighted by Crippen LogP contribution is -2.25. The summed E-state index contributed by atoms with van der Waals surface area (Å²) in [5, 5.41) is 6.40. The third-order valence-electron chi connectivity index (χ3n) is 4.39. The number of hydrogen-bond acceptors (Lipinski definition) is 6. The summed E-state index contributed by atoms with van der Waals surface area (Å²) < 4.78 is 10.6. The second-order valence-corrected chi connectivity index (χ2v) is 7.56. The summed E-state index contributed by atoms with van der Waals surface area (Å²) in [4.78, 5) is 27.2. The standard InChI is InChI=1S/C20H18N2O4S/c1-12-10-17(22-26-12)21-19(23)18(13-6-3-2-4-7-13)25-20(24)16-11-14-8-5-9-15(14)27-16/h2-4,6-7,10-11,18H,5,8-9H2,1H3,(H,21,22,23). The number of rotatable bonds is 5. The van der Waals surface area contributed by atoms with Crippen molar-refractivity contribution in [1.29, 1.82) is 0 Å². The first-order chi connectivity index (χ1) is 13.1. The Hall–Kier alpha value is -2.93. The first-order valence-corrected chi connectivity index (χ1v) is 9.53. The van der Waals surface area contributed by atoms with Gasteiger partial charge in [-0.15, -0.1) is 11.3 Å². The van der Waals surface area contributed by atoms with Crippen LogP contribution in [0.3, 0.4) is 0 Å². The van der Waals surface area contributed by atoms with Crippen LogP contribution in [0.25, 0.3) is 0 Å². The average molecular weight is 382 g/mol. The van der Waals surface area contributed by atoms with Gasteiger partial charge >= 0.3 is 5.97 Å². The molecule has 27 heavy (non-hydrogen) atoms. The molecule has 1 amide bonds. The van der Waals surface area contributed by atoms with Crippen LogP contribution in [0.4, 0.5) is 5.82 Å². The lowest BCUT2D eigenvalue weighted by molar-refractivity contribution is -0.125. The number of aryl methyl sites for hydroxylation is 3. The molecule has 1 N–H and O–H groups in total. The van der Waals surface area contributed by atoms with E-state index in [1.807, 2.05) is 12.1 Å². The van der Waals surface area contributed by atoms with Crippen LogP contribution in [0.15, 0.2) is 47.0 Å². The summed E-state index contributed by atoms with van der Waals surface area (Å²) in [6.07, 6.45) is 2.05. The Labute approximate surface area is 160 Å². The first-order valence-electron chi connectivity index (χ1n) is 8.72. The van der Waals surface area contributed by atoms with E-state index in [0.29, 0.717) is 16.2 Å². The van der Waals surface area contributed by atoms with Crippen LogP contribution in [-0.4, -0.2) is 17.0 Å². The fourth-order valence-corrected chi connectivity index (χ4v) is 4.25. The zero-order chi connectivity index (χ0) is 18.8. The third-order valence-corrected chi connectivity index (χ3v) is 5.61. The van der Waals surface area contributed by atoms with Crippen LogP contribution in [0, 0.1) is 6.92 Å². The number of esters is 1. The van der Waals surface area contributed by atoms with E-state index >= 15 is 0 Å². The number of thiophene rings is 1. The van der Waals surface area contributed by atoms with Crippen molar-refractivity contribution >= 4 is 29.0 Å². The maximum absolute atomic E-state index is 12.8. The molecule has 138 valence electrons. The van der Waals surface area contributed by atoms with Gasteiger partial charge in [0.1, 0.15) is 10.6 Å².